The minimum atomic E-state index is -0.538. The highest BCUT2D eigenvalue weighted by atomic mass is 16.6. The molecule has 0 aromatic heterocycles. The average Bonchev–Trinajstić information content (AvgIpc) is 3.17. The van der Waals surface area contributed by atoms with Crippen molar-refractivity contribution in [1.29, 1.82) is 0 Å². The van der Waals surface area contributed by atoms with E-state index < -0.39 is 6.10 Å². The predicted octanol–water partition coefficient (Wildman–Crippen LogP) is 15.4. The maximum Gasteiger partial charge on any atom is 0.306 e. The van der Waals surface area contributed by atoms with Gasteiger partial charge in [0.15, 0.2) is 6.10 Å². The van der Waals surface area contributed by atoms with Gasteiger partial charge in [0.2, 0.25) is 0 Å². The van der Waals surface area contributed by atoms with Crippen LogP contribution in [0.25, 0.3) is 0 Å². The van der Waals surface area contributed by atoms with Crippen molar-refractivity contribution in [3.05, 3.63) is 36.5 Å². The van der Waals surface area contributed by atoms with E-state index in [9.17, 15) is 9.59 Å². The molecule has 1 atom stereocenters. The molecule has 0 aliphatic carbocycles. The Bertz CT molecular complexity index is 862. The second kappa shape index (κ2) is 45.5. The molecule has 0 aromatic carbocycles. The van der Waals surface area contributed by atoms with Crippen LogP contribution in [0.2, 0.25) is 0 Å². The van der Waals surface area contributed by atoms with Gasteiger partial charge in [0.05, 0.1) is 6.61 Å². The molecule has 0 saturated heterocycles. The van der Waals surface area contributed by atoms with Crippen molar-refractivity contribution in [2.24, 2.45) is 0 Å². The molecule has 0 saturated carbocycles. The number of hydrogen-bond acceptors (Lipinski definition) is 5. The van der Waals surface area contributed by atoms with Crippen LogP contribution >= 0.6 is 0 Å². The van der Waals surface area contributed by atoms with Gasteiger partial charge < -0.3 is 14.2 Å². The molecule has 0 fully saturated rings. The van der Waals surface area contributed by atoms with E-state index in [0.29, 0.717) is 19.4 Å². The topological polar surface area (TPSA) is 61.8 Å². The van der Waals surface area contributed by atoms with Crippen LogP contribution in [0, 0.1) is 0 Å². The van der Waals surface area contributed by atoms with Gasteiger partial charge in [-0.2, -0.15) is 0 Å². The normalized spacial score (nSPS) is 12.4. The van der Waals surface area contributed by atoms with Gasteiger partial charge in [0, 0.05) is 19.4 Å². The summed E-state index contributed by atoms with van der Waals surface area (Å²) < 4.78 is 17.3. The molecule has 54 heavy (non-hydrogen) atoms. The van der Waals surface area contributed by atoms with Crippen LogP contribution in [0.15, 0.2) is 36.5 Å². The number of hydrogen-bond donors (Lipinski definition) is 0. The highest BCUT2D eigenvalue weighted by Gasteiger charge is 2.17. The van der Waals surface area contributed by atoms with E-state index in [0.717, 1.165) is 57.8 Å². The Hall–Kier alpha value is -1.88. The van der Waals surface area contributed by atoms with E-state index in [1.807, 2.05) is 0 Å². The Morgan fingerprint density at radius 1 is 0.407 bits per heavy atom. The fourth-order valence-corrected chi connectivity index (χ4v) is 6.58. The Labute approximate surface area is 336 Å². The number of carbonyl (C=O) groups excluding carboxylic acids is 2. The molecule has 0 amide bonds. The highest BCUT2D eigenvalue weighted by Crippen LogP contribution is 2.14. The summed E-state index contributed by atoms with van der Waals surface area (Å²) in [6, 6.07) is 0. The minimum absolute atomic E-state index is 0.0802. The smallest absolute Gasteiger partial charge is 0.306 e. The fraction of sp³-hybridized carbons (Fsp3) is 0.837. The van der Waals surface area contributed by atoms with Crippen LogP contribution in [0.1, 0.15) is 239 Å². The number of allylic oxidation sites excluding steroid dienone is 6. The molecule has 0 aromatic rings. The van der Waals surface area contributed by atoms with Crippen LogP contribution in [0.3, 0.4) is 0 Å². The van der Waals surface area contributed by atoms with Crippen LogP contribution < -0.4 is 0 Å². The van der Waals surface area contributed by atoms with Crippen molar-refractivity contribution in [2.75, 3.05) is 19.8 Å². The largest absolute Gasteiger partial charge is 0.462 e. The maximum absolute atomic E-state index is 12.7. The number of esters is 2. The lowest BCUT2D eigenvalue weighted by Crippen LogP contribution is -2.30. The molecule has 0 aliphatic heterocycles. The monoisotopic (exact) mass is 759 g/mol. The Morgan fingerprint density at radius 2 is 0.796 bits per heavy atom. The number of ether oxygens (including phenoxy) is 3. The van der Waals surface area contributed by atoms with Crippen molar-refractivity contribution in [3.63, 3.8) is 0 Å². The fourth-order valence-electron chi connectivity index (χ4n) is 6.58. The zero-order valence-electron chi connectivity index (χ0n) is 36.2. The van der Waals surface area contributed by atoms with Gasteiger partial charge in [0.1, 0.15) is 6.61 Å². The van der Waals surface area contributed by atoms with Crippen LogP contribution in [0.4, 0.5) is 0 Å². The van der Waals surface area contributed by atoms with Gasteiger partial charge in [-0.3, -0.25) is 9.59 Å². The van der Waals surface area contributed by atoms with Crippen molar-refractivity contribution in [1.82, 2.24) is 0 Å². The first kappa shape index (κ1) is 52.1. The van der Waals surface area contributed by atoms with Gasteiger partial charge in [-0.25, -0.2) is 0 Å². The summed E-state index contributed by atoms with van der Waals surface area (Å²) >= 11 is 0. The number of unbranched alkanes of at least 4 members (excludes halogenated alkanes) is 26. The Kier molecular flexibility index (Phi) is 43.9. The van der Waals surface area contributed by atoms with Gasteiger partial charge in [-0.1, -0.05) is 192 Å². The standard InChI is InChI=1S/C49H90O5/c1-4-7-10-13-16-19-22-23-24-25-26-29-32-35-38-41-44-52-45-47(54-49(51)43-40-37-34-31-28-21-18-15-12-9-6-3)46-53-48(50)42-39-36-33-30-27-20-17-14-11-8-5-2/h14,16-17,19,23-24,47H,4-13,15,18,20-22,25-46H2,1-3H3/b17-14-,19-16-,24-23-. The quantitative estimate of drug-likeness (QED) is 0.0352. The summed E-state index contributed by atoms with van der Waals surface area (Å²) in [5.74, 6) is -0.407. The third-order valence-corrected chi connectivity index (χ3v) is 10.1. The molecule has 0 radical (unpaired) electrons. The zero-order chi connectivity index (χ0) is 39.3. The Balaban J connectivity index is 4.24. The van der Waals surface area contributed by atoms with E-state index in [-0.39, 0.29) is 25.2 Å². The molecule has 5 heteroatoms. The Morgan fingerprint density at radius 3 is 1.33 bits per heavy atom. The van der Waals surface area contributed by atoms with Gasteiger partial charge in [0.25, 0.3) is 0 Å². The summed E-state index contributed by atoms with van der Waals surface area (Å²) in [6.07, 6.45) is 52.8. The molecule has 1 unspecified atom stereocenters. The average molecular weight is 759 g/mol. The lowest BCUT2D eigenvalue weighted by atomic mass is 10.1. The lowest BCUT2D eigenvalue weighted by molar-refractivity contribution is -0.163. The molecule has 0 N–H and O–H groups in total. The molecule has 0 spiro atoms. The van der Waals surface area contributed by atoms with Crippen molar-refractivity contribution in [3.8, 4) is 0 Å². The van der Waals surface area contributed by atoms with E-state index in [2.05, 4.69) is 57.2 Å². The third-order valence-electron chi connectivity index (χ3n) is 10.1. The van der Waals surface area contributed by atoms with E-state index in [1.165, 1.54) is 148 Å². The second-order valence-electron chi connectivity index (χ2n) is 15.7. The summed E-state index contributed by atoms with van der Waals surface area (Å²) in [5.41, 5.74) is 0. The van der Waals surface area contributed by atoms with Gasteiger partial charge in [-0.15, -0.1) is 0 Å². The van der Waals surface area contributed by atoms with Crippen LogP contribution in [0.5, 0.6) is 0 Å². The van der Waals surface area contributed by atoms with Gasteiger partial charge in [-0.05, 0) is 70.6 Å². The SMILES string of the molecule is CCCC/C=C\CCCCCCCC(=O)OCC(COCCCCCCCC/C=C\C/C=C\CCCCC)OC(=O)CCCCCCCCCCCCC. The molecular formula is C49H90O5. The van der Waals surface area contributed by atoms with Crippen molar-refractivity contribution < 1.29 is 23.8 Å². The van der Waals surface area contributed by atoms with Crippen LogP contribution in [-0.4, -0.2) is 37.9 Å². The molecule has 0 heterocycles. The van der Waals surface area contributed by atoms with Crippen molar-refractivity contribution in [2.45, 2.75) is 245 Å². The summed E-state index contributed by atoms with van der Waals surface area (Å²) in [4.78, 5) is 25.2. The first-order valence-corrected chi connectivity index (χ1v) is 23.5. The molecule has 0 bridgehead atoms. The molecule has 316 valence electrons. The molecular weight excluding hydrogens is 669 g/mol. The first-order chi connectivity index (χ1) is 26.6. The highest BCUT2D eigenvalue weighted by molar-refractivity contribution is 5.70. The lowest BCUT2D eigenvalue weighted by Gasteiger charge is -2.18. The summed E-state index contributed by atoms with van der Waals surface area (Å²) in [6.45, 7) is 7.75. The van der Waals surface area contributed by atoms with Crippen LogP contribution in [-0.2, 0) is 23.8 Å². The maximum atomic E-state index is 12.7. The summed E-state index contributed by atoms with van der Waals surface area (Å²) in [7, 11) is 0. The molecule has 0 rings (SSSR count). The van der Waals surface area contributed by atoms with E-state index >= 15 is 0 Å². The van der Waals surface area contributed by atoms with Crippen molar-refractivity contribution >= 4 is 11.9 Å². The van der Waals surface area contributed by atoms with Gasteiger partial charge >= 0.3 is 11.9 Å². The molecule has 5 nitrogen and oxygen atoms in total. The zero-order valence-corrected chi connectivity index (χ0v) is 36.2. The molecule has 0 aliphatic rings. The predicted molar refractivity (Wildman–Crippen MR) is 233 cm³/mol. The third kappa shape index (κ3) is 42.9. The second-order valence-corrected chi connectivity index (χ2v) is 15.7. The number of carbonyl (C=O) groups is 2. The van der Waals surface area contributed by atoms with E-state index in [1.54, 1.807) is 0 Å². The number of rotatable bonds is 43. The van der Waals surface area contributed by atoms with E-state index in [4.69, 9.17) is 14.2 Å². The summed E-state index contributed by atoms with van der Waals surface area (Å²) in [5, 5.41) is 0. The minimum Gasteiger partial charge on any atom is -0.462 e. The first-order valence-electron chi connectivity index (χ1n) is 23.5.